The van der Waals surface area contributed by atoms with Gasteiger partial charge in [0.25, 0.3) is 0 Å². The number of aromatic nitrogens is 2. The molecule has 0 unspecified atom stereocenters. The summed E-state index contributed by atoms with van der Waals surface area (Å²) < 4.78 is 0. The summed E-state index contributed by atoms with van der Waals surface area (Å²) in [4.78, 5) is 31.8. The molecular weight excluding hydrogens is 280 g/mol. The molecule has 1 aliphatic heterocycles. The second-order valence-corrected chi connectivity index (χ2v) is 4.95. The largest absolute Gasteiger partial charge is 0.293 e. The fourth-order valence-electron chi connectivity index (χ4n) is 2.25. The van der Waals surface area contributed by atoms with Crippen LogP contribution in [-0.4, -0.2) is 27.2 Å². The smallest absolute Gasteiger partial charge is 0.181 e. The van der Waals surface area contributed by atoms with Crippen LogP contribution in [-0.2, 0) is 11.2 Å². The van der Waals surface area contributed by atoms with Crippen LogP contribution in [0, 0.1) is 0 Å². The van der Waals surface area contributed by atoms with Crippen molar-refractivity contribution in [2.24, 2.45) is 5.10 Å². The number of ketones is 2. The van der Waals surface area contributed by atoms with E-state index < -0.39 is 0 Å². The van der Waals surface area contributed by atoms with Crippen molar-refractivity contribution >= 4 is 23.0 Å². The van der Waals surface area contributed by atoms with Gasteiger partial charge in [-0.3, -0.25) is 15.0 Å². The van der Waals surface area contributed by atoms with Crippen LogP contribution in [0.1, 0.15) is 28.9 Å². The Morgan fingerprint density at radius 3 is 2.73 bits per heavy atom. The predicted octanol–water partition coefficient (Wildman–Crippen LogP) is 2.03. The highest BCUT2D eigenvalue weighted by Crippen LogP contribution is 2.20. The van der Waals surface area contributed by atoms with Gasteiger partial charge in [-0.2, -0.15) is 5.10 Å². The molecule has 0 saturated carbocycles. The molecule has 3 rings (SSSR count). The Labute approximate surface area is 127 Å². The van der Waals surface area contributed by atoms with E-state index in [1.807, 2.05) is 24.3 Å². The number of hydrogen-bond acceptors (Lipinski definition) is 6. The number of hydrogen-bond donors (Lipinski definition) is 1. The summed E-state index contributed by atoms with van der Waals surface area (Å²) >= 11 is 0. The molecule has 6 nitrogen and oxygen atoms in total. The fraction of sp³-hybridized carbons (Fsp3) is 0.188. The van der Waals surface area contributed by atoms with Gasteiger partial charge in [0.2, 0.25) is 0 Å². The van der Waals surface area contributed by atoms with E-state index in [2.05, 4.69) is 20.5 Å². The molecule has 2 aromatic rings. The molecule has 0 aliphatic carbocycles. The Morgan fingerprint density at radius 1 is 1.09 bits per heavy atom. The van der Waals surface area contributed by atoms with Gasteiger partial charge in [0, 0.05) is 25.5 Å². The summed E-state index contributed by atoms with van der Waals surface area (Å²) in [5, 5.41) is 4.10. The molecule has 110 valence electrons. The van der Waals surface area contributed by atoms with Gasteiger partial charge in [-0.15, -0.1) is 0 Å². The van der Waals surface area contributed by atoms with E-state index in [0.29, 0.717) is 17.8 Å². The van der Waals surface area contributed by atoms with E-state index >= 15 is 0 Å². The highest BCUT2D eigenvalue weighted by atomic mass is 16.1. The number of benzene rings is 1. The highest BCUT2D eigenvalue weighted by molar-refractivity contribution is 6.41. The number of nitrogens with one attached hydrogen (secondary N) is 1. The molecule has 0 fully saturated rings. The number of carbonyl (C=O) groups excluding carboxylic acids is 2. The van der Waals surface area contributed by atoms with Gasteiger partial charge in [0.1, 0.15) is 17.7 Å². The molecule has 0 amide bonds. The monoisotopic (exact) mass is 294 g/mol. The predicted molar refractivity (Wildman–Crippen MR) is 81.8 cm³/mol. The van der Waals surface area contributed by atoms with Crippen LogP contribution in [0.2, 0.25) is 0 Å². The molecule has 0 saturated heterocycles. The second kappa shape index (κ2) is 6.26. The maximum Gasteiger partial charge on any atom is 0.181 e. The number of anilines is 1. The number of rotatable bonds is 5. The lowest BCUT2D eigenvalue weighted by atomic mass is 9.99. The molecule has 2 heterocycles. The zero-order chi connectivity index (χ0) is 15.4. The van der Waals surface area contributed by atoms with Crippen LogP contribution >= 0.6 is 0 Å². The van der Waals surface area contributed by atoms with Crippen molar-refractivity contribution in [1.82, 2.24) is 9.97 Å². The van der Waals surface area contributed by atoms with E-state index in [9.17, 15) is 9.59 Å². The minimum absolute atomic E-state index is 0.121. The first-order chi connectivity index (χ1) is 10.7. The maximum atomic E-state index is 12.2. The van der Waals surface area contributed by atoms with Crippen molar-refractivity contribution in [3.8, 4) is 0 Å². The molecular formula is C16H14N4O2. The Morgan fingerprint density at radius 2 is 1.91 bits per heavy atom. The van der Waals surface area contributed by atoms with E-state index in [4.69, 9.17) is 0 Å². The van der Waals surface area contributed by atoms with Crippen LogP contribution in [0.15, 0.2) is 48.0 Å². The third-order valence-electron chi connectivity index (χ3n) is 3.46. The van der Waals surface area contributed by atoms with Crippen molar-refractivity contribution in [1.29, 1.82) is 0 Å². The molecule has 1 aliphatic rings. The highest BCUT2D eigenvalue weighted by Gasteiger charge is 2.19. The zero-order valence-corrected chi connectivity index (χ0v) is 11.8. The summed E-state index contributed by atoms with van der Waals surface area (Å²) in [6.07, 6.45) is 3.57. The maximum absolute atomic E-state index is 12.2. The van der Waals surface area contributed by atoms with Crippen molar-refractivity contribution in [3.63, 3.8) is 0 Å². The van der Waals surface area contributed by atoms with Gasteiger partial charge in [-0.25, -0.2) is 9.97 Å². The molecule has 1 aromatic heterocycles. The lowest BCUT2D eigenvalue weighted by Crippen LogP contribution is -2.23. The van der Waals surface area contributed by atoms with Gasteiger partial charge in [0.15, 0.2) is 11.6 Å². The van der Waals surface area contributed by atoms with Crippen LogP contribution in [0.3, 0.4) is 0 Å². The third kappa shape index (κ3) is 3.06. The van der Waals surface area contributed by atoms with Crippen molar-refractivity contribution in [3.05, 3.63) is 54.1 Å². The van der Waals surface area contributed by atoms with Crippen LogP contribution in [0.5, 0.6) is 0 Å². The topological polar surface area (TPSA) is 84.3 Å². The van der Waals surface area contributed by atoms with E-state index in [-0.39, 0.29) is 24.4 Å². The molecule has 6 heteroatoms. The summed E-state index contributed by atoms with van der Waals surface area (Å²) in [7, 11) is 0. The Bertz CT molecular complexity index is 741. The summed E-state index contributed by atoms with van der Waals surface area (Å²) in [6, 6.07) is 9.25. The Kier molecular flexibility index (Phi) is 4.00. The first kappa shape index (κ1) is 14.1. The Hall–Kier alpha value is -2.89. The molecule has 1 N–H and O–H groups in total. The molecule has 0 radical (unpaired) electrons. The van der Waals surface area contributed by atoms with Crippen LogP contribution in [0.25, 0.3) is 0 Å². The van der Waals surface area contributed by atoms with Gasteiger partial charge in [-0.1, -0.05) is 18.2 Å². The van der Waals surface area contributed by atoms with E-state index in [1.165, 1.54) is 12.5 Å². The zero-order valence-electron chi connectivity index (χ0n) is 11.8. The molecule has 0 atom stereocenters. The number of hydrazone groups is 1. The van der Waals surface area contributed by atoms with E-state index in [1.54, 1.807) is 6.07 Å². The molecule has 0 spiro atoms. The first-order valence-corrected chi connectivity index (χ1v) is 6.97. The number of para-hydroxylation sites is 1. The summed E-state index contributed by atoms with van der Waals surface area (Å²) in [6.45, 7) is 0. The van der Waals surface area contributed by atoms with Crippen molar-refractivity contribution in [2.75, 3.05) is 5.43 Å². The standard InChI is InChI=1S/C16H14N4O2/c21-15(13-7-8-17-10-18-13)5-6-16(22)14-9-11-3-1-2-4-12(11)19-20-14/h1-4,7-8,10,19H,5-6,9H2. The van der Waals surface area contributed by atoms with Gasteiger partial charge in [0.05, 0.1) is 5.69 Å². The van der Waals surface area contributed by atoms with Crippen molar-refractivity contribution in [2.45, 2.75) is 19.3 Å². The average Bonchev–Trinajstić information content (AvgIpc) is 2.59. The second-order valence-electron chi connectivity index (χ2n) is 4.95. The van der Waals surface area contributed by atoms with Gasteiger partial charge >= 0.3 is 0 Å². The quantitative estimate of drug-likeness (QED) is 0.853. The lowest BCUT2D eigenvalue weighted by molar-refractivity contribution is -0.113. The van der Waals surface area contributed by atoms with Gasteiger partial charge < -0.3 is 0 Å². The average molecular weight is 294 g/mol. The number of Topliss-reactive ketones (excluding diaryl/α,β-unsaturated/α-hetero) is 2. The minimum atomic E-state index is -0.166. The van der Waals surface area contributed by atoms with Crippen LogP contribution in [0.4, 0.5) is 5.69 Å². The molecule has 0 bridgehead atoms. The normalized spacial score (nSPS) is 12.8. The minimum Gasteiger partial charge on any atom is -0.293 e. The van der Waals surface area contributed by atoms with Crippen molar-refractivity contribution < 1.29 is 9.59 Å². The lowest BCUT2D eigenvalue weighted by Gasteiger charge is -2.16. The van der Waals surface area contributed by atoms with Crippen LogP contribution < -0.4 is 5.43 Å². The summed E-state index contributed by atoms with van der Waals surface area (Å²) in [5.74, 6) is -0.287. The van der Waals surface area contributed by atoms with E-state index in [0.717, 1.165) is 11.3 Å². The fourth-order valence-corrected chi connectivity index (χ4v) is 2.25. The summed E-state index contributed by atoms with van der Waals surface area (Å²) in [5.41, 5.74) is 5.60. The number of nitrogens with zero attached hydrogens (tertiary/aromatic N) is 3. The number of fused-ring (bicyclic) bond motifs is 1. The SMILES string of the molecule is O=C(CCC(=O)c1ccncn1)C1=NNc2ccccc2C1. The van der Waals surface area contributed by atoms with Gasteiger partial charge in [-0.05, 0) is 17.7 Å². The number of carbonyl (C=O) groups is 2. The molecule has 22 heavy (non-hydrogen) atoms. The third-order valence-corrected chi connectivity index (χ3v) is 3.46. The first-order valence-electron chi connectivity index (χ1n) is 6.97. The molecule has 1 aromatic carbocycles. The Balaban J connectivity index is 1.59.